The minimum absolute atomic E-state index is 0.0354. The van der Waals surface area contributed by atoms with E-state index in [0.717, 1.165) is 16.8 Å². The van der Waals surface area contributed by atoms with Gasteiger partial charge in [0.05, 0.1) is 11.4 Å². The van der Waals surface area contributed by atoms with E-state index in [2.05, 4.69) is 9.71 Å². The Bertz CT molecular complexity index is 1390. The number of piperazine rings is 1. The molecule has 1 atom stereocenters. The Morgan fingerprint density at radius 3 is 2.19 bits per heavy atom. The summed E-state index contributed by atoms with van der Waals surface area (Å²) in [7, 11) is -3.81. The van der Waals surface area contributed by atoms with Gasteiger partial charge in [-0.05, 0) is 88.8 Å². The lowest BCUT2D eigenvalue weighted by atomic mass is 9.85. The smallest absolute Gasteiger partial charge is 0.410 e. The summed E-state index contributed by atoms with van der Waals surface area (Å²) in [6.45, 7) is 5.60. The van der Waals surface area contributed by atoms with Crippen LogP contribution in [-0.2, 0) is 19.6 Å². The molecule has 0 radical (unpaired) electrons. The Labute approximate surface area is 244 Å². The van der Waals surface area contributed by atoms with Gasteiger partial charge >= 0.3 is 12.3 Å². The average molecular weight is 611 g/mol. The first-order chi connectivity index (χ1) is 19.5. The van der Waals surface area contributed by atoms with E-state index in [9.17, 15) is 31.2 Å². The highest BCUT2D eigenvalue weighted by Gasteiger charge is 2.50. The van der Waals surface area contributed by atoms with Crippen molar-refractivity contribution in [1.82, 2.24) is 19.5 Å². The van der Waals surface area contributed by atoms with Crippen LogP contribution in [0.15, 0.2) is 47.5 Å². The number of aryl methyl sites for hydroxylation is 1. The molecule has 2 amide bonds. The van der Waals surface area contributed by atoms with E-state index < -0.39 is 58.3 Å². The first kappa shape index (κ1) is 31.7. The molecule has 2 fully saturated rings. The van der Waals surface area contributed by atoms with Gasteiger partial charge in [0.2, 0.25) is 15.9 Å². The third kappa shape index (κ3) is 7.80. The predicted molar refractivity (Wildman–Crippen MR) is 150 cm³/mol. The summed E-state index contributed by atoms with van der Waals surface area (Å²) in [5.41, 5.74) is 1.68. The fraction of sp³-hybridized carbons (Fsp3) is 0.552. The Balaban J connectivity index is 1.33. The van der Waals surface area contributed by atoms with Gasteiger partial charge in [-0.1, -0.05) is 12.1 Å². The van der Waals surface area contributed by atoms with Gasteiger partial charge < -0.3 is 9.64 Å². The number of rotatable bonds is 5. The number of hydrogen-bond acceptors (Lipinski definition) is 6. The van der Waals surface area contributed by atoms with Gasteiger partial charge in [-0.25, -0.2) is 17.9 Å². The molecule has 1 aromatic carbocycles. The van der Waals surface area contributed by atoms with E-state index in [1.54, 1.807) is 39.1 Å². The van der Waals surface area contributed by atoms with Crippen molar-refractivity contribution >= 4 is 22.0 Å². The molecule has 42 heavy (non-hydrogen) atoms. The van der Waals surface area contributed by atoms with Crippen LogP contribution in [0.25, 0.3) is 11.1 Å². The van der Waals surface area contributed by atoms with Crippen LogP contribution < -0.4 is 4.72 Å². The summed E-state index contributed by atoms with van der Waals surface area (Å²) >= 11 is 0. The van der Waals surface area contributed by atoms with Gasteiger partial charge in [0.15, 0.2) is 0 Å². The molecule has 0 bridgehead atoms. The Kier molecular flexibility index (Phi) is 9.22. The second-order valence-electron chi connectivity index (χ2n) is 11.9. The van der Waals surface area contributed by atoms with Crippen LogP contribution in [0, 0.1) is 12.8 Å². The van der Waals surface area contributed by atoms with Crippen molar-refractivity contribution in [3.8, 4) is 11.1 Å². The number of nitrogens with one attached hydrogen (secondary N) is 1. The molecule has 4 rings (SSSR count). The molecule has 2 aliphatic rings. The molecule has 1 aliphatic heterocycles. The number of nitrogens with zero attached hydrogens (tertiary/aromatic N) is 3. The second-order valence-corrected chi connectivity index (χ2v) is 13.6. The maximum Gasteiger partial charge on any atom is 0.410 e. The fourth-order valence-electron chi connectivity index (χ4n) is 5.36. The molecular weight excluding hydrogens is 573 g/mol. The van der Waals surface area contributed by atoms with Crippen molar-refractivity contribution < 1.29 is 35.9 Å². The van der Waals surface area contributed by atoms with E-state index >= 15 is 0 Å². The van der Waals surface area contributed by atoms with E-state index in [1.807, 2.05) is 19.1 Å². The zero-order valence-electron chi connectivity index (χ0n) is 24.1. The van der Waals surface area contributed by atoms with Crippen LogP contribution in [0.1, 0.15) is 52.1 Å². The van der Waals surface area contributed by atoms with E-state index in [4.69, 9.17) is 4.74 Å². The Hall–Kier alpha value is -3.19. The third-order valence-corrected chi connectivity index (χ3v) is 9.03. The van der Waals surface area contributed by atoms with Gasteiger partial charge in [0, 0.05) is 36.9 Å². The summed E-state index contributed by atoms with van der Waals surface area (Å²) < 4.78 is 75.6. The molecule has 1 aliphatic carbocycles. The molecule has 13 heteroatoms. The molecule has 230 valence electrons. The lowest BCUT2D eigenvalue weighted by Gasteiger charge is -2.43. The number of aromatic nitrogens is 1. The number of alkyl halides is 3. The highest BCUT2D eigenvalue weighted by molar-refractivity contribution is 7.89. The lowest BCUT2D eigenvalue weighted by molar-refractivity contribution is -0.195. The van der Waals surface area contributed by atoms with Crippen molar-refractivity contribution in [1.29, 1.82) is 0 Å². The zero-order valence-corrected chi connectivity index (χ0v) is 25.0. The first-order valence-electron chi connectivity index (χ1n) is 13.9. The first-order valence-corrected chi connectivity index (χ1v) is 15.4. The monoisotopic (exact) mass is 610 g/mol. The normalized spacial score (nSPS) is 22.1. The molecule has 0 spiro atoms. The summed E-state index contributed by atoms with van der Waals surface area (Å²) in [5.74, 6) is -0.924. The average Bonchev–Trinajstić information content (AvgIpc) is 2.91. The van der Waals surface area contributed by atoms with Gasteiger partial charge in [0.25, 0.3) is 0 Å². The van der Waals surface area contributed by atoms with Crippen LogP contribution in [0.5, 0.6) is 0 Å². The quantitative estimate of drug-likeness (QED) is 0.516. The summed E-state index contributed by atoms with van der Waals surface area (Å²) in [4.78, 5) is 31.7. The van der Waals surface area contributed by atoms with Crippen molar-refractivity contribution in [2.24, 2.45) is 5.92 Å². The third-order valence-electron chi connectivity index (χ3n) is 7.49. The minimum Gasteiger partial charge on any atom is -0.444 e. The Morgan fingerprint density at radius 2 is 1.62 bits per heavy atom. The summed E-state index contributed by atoms with van der Waals surface area (Å²) in [6.07, 6.45) is -2.66. The zero-order chi connectivity index (χ0) is 30.9. The fourth-order valence-corrected chi connectivity index (χ4v) is 6.66. The van der Waals surface area contributed by atoms with Gasteiger partial charge in [-0.2, -0.15) is 13.2 Å². The summed E-state index contributed by atoms with van der Waals surface area (Å²) in [6, 6.07) is 7.73. The molecule has 1 unspecified atom stereocenters. The van der Waals surface area contributed by atoms with Gasteiger partial charge in [0.1, 0.15) is 11.6 Å². The molecule has 9 nitrogen and oxygen atoms in total. The number of carbonyl (C=O) groups is 2. The maximum absolute atomic E-state index is 13.9. The van der Waals surface area contributed by atoms with Crippen molar-refractivity contribution in [2.45, 2.75) is 82.1 Å². The summed E-state index contributed by atoms with van der Waals surface area (Å²) in [5, 5.41) is 0. The number of hydrogen-bond donors (Lipinski definition) is 1. The van der Waals surface area contributed by atoms with Crippen molar-refractivity contribution in [3.05, 3.63) is 48.3 Å². The van der Waals surface area contributed by atoms with Crippen molar-refractivity contribution in [3.63, 3.8) is 0 Å². The molecule has 1 saturated heterocycles. The molecule has 1 aromatic heterocycles. The predicted octanol–water partition coefficient (Wildman–Crippen LogP) is 4.90. The second kappa shape index (κ2) is 12.2. The number of ether oxygens (including phenoxy) is 1. The van der Waals surface area contributed by atoms with Crippen LogP contribution in [-0.4, -0.2) is 78.7 Å². The molecule has 1 saturated carbocycles. The number of pyridine rings is 1. The highest BCUT2D eigenvalue weighted by Crippen LogP contribution is 2.32. The number of sulfonamides is 1. The molecule has 2 heterocycles. The van der Waals surface area contributed by atoms with E-state index in [0.29, 0.717) is 30.6 Å². The topological polar surface area (TPSA) is 109 Å². The van der Waals surface area contributed by atoms with E-state index in [1.165, 1.54) is 17.0 Å². The van der Waals surface area contributed by atoms with Crippen molar-refractivity contribution in [2.75, 3.05) is 19.6 Å². The SMILES string of the molecule is Cc1cc(-c2ccc(S(=O)(=O)N[C@H]3CC[C@H](C(=O)N4CCN(C(=O)OC(C)(C)C)C(C(F)(F)F)C4)CC3)cc2)ccn1. The van der Waals surface area contributed by atoms with E-state index in [-0.39, 0.29) is 18.0 Å². The largest absolute Gasteiger partial charge is 0.444 e. The standard InChI is InChI=1S/C29H37F3N4O5S/c1-19-17-22(13-14-33-19)20-7-11-24(12-8-20)42(39,40)34-23-9-5-21(6-10-23)26(37)35-15-16-36(25(18-35)29(30,31)32)27(38)41-28(2,3)4/h7-8,11-14,17,21,23,25,34H,5-6,9-10,15-16,18H2,1-4H3/t21-,23-,25?. The Morgan fingerprint density at radius 1 is 0.976 bits per heavy atom. The number of benzene rings is 1. The molecular formula is C29H37F3N4O5S. The van der Waals surface area contributed by atoms with Gasteiger partial charge in [-0.3, -0.25) is 14.7 Å². The van der Waals surface area contributed by atoms with Crippen LogP contribution in [0.3, 0.4) is 0 Å². The number of amides is 2. The molecule has 1 N–H and O–H groups in total. The molecule has 2 aromatic rings. The lowest BCUT2D eigenvalue weighted by Crippen LogP contribution is -2.62. The number of carbonyl (C=O) groups excluding carboxylic acids is 2. The van der Waals surface area contributed by atoms with Gasteiger partial charge in [-0.15, -0.1) is 0 Å². The van der Waals surface area contributed by atoms with Crippen LogP contribution in [0.4, 0.5) is 18.0 Å². The number of halogens is 3. The highest BCUT2D eigenvalue weighted by atomic mass is 32.2. The minimum atomic E-state index is -4.73. The van der Waals surface area contributed by atoms with Crippen LogP contribution >= 0.6 is 0 Å². The maximum atomic E-state index is 13.9. The van der Waals surface area contributed by atoms with Crippen LogP contribution in [0.2, 0.25) is 0 Å².